The molecule has 1 atom stereocenters. The molecule has 26 heavy (non-hydrogen) atoms. The number of nitrogens with one attached hydrogen (secondary N) is 2. The van der Waals surface area contributed by atoms with E-state index in [0.29, 0.717) is 22.8 Å². The fraction of sp³-hybridized carbons (Fsp3) is 0.353. The van der Waals surface area contributed by atoms with Gasteiger partial charge in [-0.3, -0.25) is 19.9 Å². The number of anilines is 1. The number of carbonyl (C=O) groups is 3. The molecule has 3 N–H and O–H groups in total. The Morgan fingerprint density at radius 2 is 2.08 bits per heavy atom. The van der Waals surface area contributed by atoms with Crippen molar-refractivity contribution in [3.05, 3.63) is 41.2 Å². The molecule has 2 aromatic heterocycles. The van der Waals surface area contributed by atoms with E-state index in [-0.39, 0.29) is 18.2 Å². The number of amides is 2. The third-order valence-electron chi connectivity index (χ3n) is 3.38. The number of pyridine rings is 1. The zero-order chi connectivity index (χ0) is 19.1. The highest BCUT2D eigenvalue weighted by atomic mass is 32.1. The zero-order valence-electron chi connectivity index (χ0n) is 14.4. The fourth-order valence-electron chi connectivity index (χ4n) is 2.21. The van der Waals surface area contributed by atoms with Crippen molar-refractivity contribution in [2.24, 2.45) is 5.92 Å². The average Bonchev–Trinajstić information content (AvgIpc) is 3.01. The Hall–Kier alpha value is -2.81. The van der Waals surface area contributed by atoms with Crippen molar-refractivity contribution >= 4 is 34.3 Å². The van der Waals surface area contributed by atoms with Crippen molar-refractivity contribution in [3.8, 4) is 0 Å². The van der Waals surface area contributed by atoms with E-state index in [1.165, 1.54) is 17.5 Å². The lowest BCUT2D eigenvalue weighted by Crippen LogP contribution is -2.42. The molecule has 2 rings (SSSR count). The van der Waals surface area contributed by atoms with Crippen LogP contribution in [0.4, 0.5) is 5.13 Å². The maximum absolute atomic E-state index is 12.1. The van der Waals surface area contributed by atoms with Gasteiger partial charge in [0.15, 0.2) is 5.13 Å². The molecule has 0 aliphatic rings. The molecule has 0 radical (unpaired) electrons. The second-order valence-electron chi connectivity index (χ2n) is 6.10. The van der Waals surface area contributed by atoms with E-state index in [0.717, 1.165) is 0 Å². The van der Waals surface area contributed by atoms with Crippen LogP contribution in [-0.2, 0) is 16.0 Å². The monoisotopic (exact) mass is 376 g/mol. The summed E-state index contributed by atoms with van der Waals surface area (Å²) in [7, 11) is 0. The minimum absolute atomic E-state index is 0.0544. The van der Waals surface area contributed by atoms with E-state index in [1.807, 2.05) is 13.8 Å². The summed E-state index contributed by atoms with van der Waals surface area (Å²) in [4.78, 5) is 43.4. The number of carbonyl (C=O) groups excluding carboxylic acids is 2. The van der Waals surface area contributed by atoms with Gasteiger partial charge in [0.25, 0.3) is 5.91 Å². The van der Waals surface area contributed by atoms with Gasteiger partial charge in [0.05, 0.1) is 17.7 Å². The number of hydrogen-bond acceptors (Lipinski definition) is 6. The largest absolute Gasteiger partial charge is 0.480 e. The van der Waals surface area contributed by atoms with Gasteiger partial charge in [0.1, 0.15) is 6.04 Å². The molecule has 1 unspecified atom stereocenters. The highest BCUT2D eigenvalue weighted by Gasteiger charge is 2.21. The Morgan fingerprint density at radius 1 is 1.31 bits per heavy atom. The van der Waals surface area contributed by atoms with Crippen molar-refractivity contribution in [1.29, 1.82) is 0 Å². The molecule has 0 aromatic carbocycles. The van der Waals surface area contributed by atoms with Gasteiger partial charge in [0, 0.05) is 17.8 Å². The van der Waals surface area contributed by atoms with Crippen LogP contribution in [-0.4, -0.2) is 38.9 Å². The number of nitrogens with zero attached hydrogens (tertiary/aromatic N) is 2. The normalized spacial score (nSPS) is 11.8. The van der Waals surface area contributed by atoms with Crippen molar-refractivity contribution in [1.82, 2.24) is 15.3 Å². The predicted octanol–water partition coefficient (Wildman–Crippen LogP) is 1.95. The summed E-state index contributed by atoms with van der Waals surface area (Å²) in [5, 5.41) is 16.3. The Kier molecular flexibility index (Phi) is 6.79. The minimum atomic E-state index is -1.06. The maximum atomic E-state index is 12.1. The number of aliphatic carboxylic acids is 1. The average molecular weight is 376 g/mol. The Morgan fingerprint density at radius 3 is 2.69 bits per heavy atom. The Labute approximate surface area is 154 Å². The molecule has 8 nitrogen and oxygen atoms in total. The van der Waals surface area contributed by atoms with Crippen LogP contribution in [0.15, 0.2) is 29.9 Å². The summed E-state index contributed by atoms with van der Waals surface area (Å²) < 4.78 is 0. The van der Waals surface area contributed by atoms with E-state index in [4.69, 9.17) is 5.11 Å². The second-order valence-corrected chi connectivity index (χ2v) is 6.96. The number of rotatable bonds is 8. The first kappa shape index (κ1) is 19.5. The number of thiazole rings is 1. The van der Waals surface area contributed by atoms with Crippen LogP contribution in [0.1, 0.15) is 36.3 Å². The van der Waals surface area contributed by atoms with Crippen LogP contribution in [0.25, 0.3) is 0 Å². The molecule has 0 saturated carbocycles. The highest BCUT2D eigenvalue weighted by Crippen LogP contribution is 2.17. The molecule has 0 spiro atoms. The van der Waals surface area contributed by atoms with Gasteiger partial charge in [-0.25, -0.2) is 9.78 Å². The third kappa shape index (κ3) is 5.92. The summed E-state index contributed by atoms with van der Waals surface area (Å²) >= 11 is 1.19. The van der Waals surface area contributed by atoms with E-state index >= 15 is 0 Å². The summed E-state index contributed by atoms with van der Waals surface area (Å²) in [5.41, 5.74) is 0.864. The Balaban J connectivity index is 1.92. The molecule has 0 saturated heterocycles. The van der Waals surface area contributed by atoms with Crippen LogP contribution in [0.3, 0.4) is 0 Å². The van der Waals surface area contributed by atoms with Gasteiger partial charge in [-0.2, -0.15) is 0 Å². The summed E-state index contributed by atoms with van der Waals surface area (Å²) in [6.45, 7) is 3.78. The summed E-state index contributed by atoms with van der Waals surface area (Å²) in [5.74, 6) is -1.68. The topological polar surface area (TPSA) is 121 Å². The molecular formula is C17H20N4O4S. The quantitative estimate of drug-likeness (QED) is 0.647. The van der Waals surface area contributed by atoms with Gasteiger partial charge >= 0.3 is 5.97 Å². The molecule has 138 valence electrons. The lowest BCUT2D eigenvalue weighted by molar-refractivity contribution is -0.142. The standard InChI is InChI=1S/C17H20N4O4S/c1-10(2)6-13(16(24)25)20-14(22)7-12-9-26-17(19-12)21-15(23)11-4-3-5-18-8-11/h3-5,8-10,13H,6-7H2,1-2H3,(H,20,22)(H,24,25)(H,19,21,23). The van der Waals surface area contributed by atoms with Crippen LogP contribution < -0.4 is 10.6 Å². The molecule has 0 bridgehead atoms. The molecule has 0 aliphatic carbocycles. The highest BCUT2D eigenvalue weighted by molar-refractivity contribution is 7.14. The fourth-order valence-corrected chi connectivity index (χ4v) is 2.92. The first-order valence-electron chi connectivity index (χ1n) is 8.03. The number of aromatic nitrogens is 2. The first-order valence-corrected chi connectivity index (χ1v) is 8.91. The van der Waals surface area contributed by atoms with E-state index in [2.05, 4.69) is 20.6 Å². The van der Waals surface area contributed by atoms with Crippen LogP contribution in [0.2, 0.25) is 0 Å². The van der Waals surface area contributed by atoms with Gasteiger partial charge in [0.2, 0.25) is 5.91 Å². The first-order chi connectivity index (χ1) is 12.3. The number of hydrogen-bond donors (Lipinski definition) is 3. The molecule has 2 heterocycles. The number of carboxylic acid groups (broad SMARTS) is 1. The zero-order valence-corrected chi connectivity index (χ0v) is 15.2. The van der Waals surface area contributed by atoms with Crippen LogP contribution >= 0.6 is 11.3 Å². The lowest BCUT2D eigenvalue weighted by Gasteiger charge is -2.16. The van der Waals surface area contributed by atoms with Crippen molar-refractivity contribution < 1.29 is 19.5 Å². The second kappa shape index (κ2) is 9.04. The minimum Gasteiger partial charge on any atom is -0.480 e. The van der Waals surface area contributed by atoms with E-state index < -0.39 is 17.9 Å². The van der Waals surface area contributed by atoms with Crippen molar-refractivity contribution in [3.63, 3.8) is 0 Å². The lowest BCUT2D eigenvalue weighted by atomic mass is 10.0. The molecule has 2 aromatic rings. The maximum Gasteiger partial charge on any atom is 0.326 e. The summed E-state index contributed by atoms with van der Waals surface area (Å²) in [6, 6.07) is 2.36. The van der Waals surface area contributed by atoms with Gasteiger partial charge in [-0.15, -0.1) is 11.3 Å². The predicted molar refractivity (Wildman–Crippen MR) is 97.0 cm³/mol. The Bertz CT molecular complexity index is 776. The molecule has 0 aliphatic heterocycles. The SMILES string of the molecule is CC(C)CC(NC(=O)Cc1csc(NC(=O)c2cccnc2)n1)C(=O)O. The van der Waals surface area contributed by atoms with Gasteiger partial charge < -0.3 is 10.4 Å². The third-order valence-corrected chi connectivity index (χ3v) is 4.18. The van der Waals surface area contributed by atoms with E-state index in [9.17, 15) is 14.4 Å². The van der Waals surface area contributed by atoms with Gasteiger partial charge in [-0.1, -0.05) is 13.8 Å². The van der Waals surface area contributed by atoms with Gasteiger partial charge in [-0.05, 0) is 24.5 Å². The van der Waals surface area contributed by atoms with E-state index in [1.54, 1.807) is 23.7 Å². The van der Waals surface area contributed by atoms with Crippen molar-refractivity contribution in [2.45, 2.75) is 32.7 Å². The molecule has 0 fully saturated rings. The number of carboxylic acids is 1. The smallest absolute Gasteiger partial charge is 0.326 e. The van der Waals surface area contributed by atoms with Crippen LogP contribution in [0, 0.1) is 5.92 Å². The van der Waals surface area contributed by atoms with Crippen LogP contribution in [0.5, 0.6) is 0 Å². The molecule has 2 amide bonds. The summed E-state index contributed by atoms with van der Waals surface area (Å²) in [6.07, 6.45) is 3.31. The molecular weight excluding hydrogens is 356 g/mol. The van der Waals surface area contributed by atoms with Crippen molar-refractivity contribution in [2.75, 3.05) is 5.32 Å². The molecule has 9 heteroatoms.